The number of nitrogens with one attached hydrogen (secondary N) is 1. The van der Waals surface area contributed by atoms with E-state index >= 15 is 0 Å². The van der Waals surface area contributed by atoms with E-state index < -0.39 is 23.7 Å². The Bertz CT molecular complexity index is 1470. The Labute approximate surface area is 201 Å². The number of anilines is 1. The van der Waals surface area contributed by atoms with Crippen molar-refractivity contribution in [1.29, 1.82) is 0 Å². The van der Waals surface area contributed by atoms with Crippen LogP contribution in [-0.2, 0) is 19.3 Å². The second-order valence-corrected chi connectivity index (χ2v) is 8.82. The third-order valence-electron chi connectivity index (χ3n) is 5.49. The fourth-order valence-electron chi connectivity index (χ4n) is 3.78. The minimum Gasteiger partial charge on any atom is -0.365 e. The zero-order valence-electron chi connectivity index (χ0n) is 19.3. The van der Waals surface area contributed by atoms with Gasteiger partial charge in [0.25, 0.3) is 11.8 Å². The summed E-state index contributed by atoms with van der Waals surface area (Å²) in [6.07, 6.45) is -1.56. The first kappa shape index (κ1) is 24.4. The van der Waals surface area contributed by atoms with Crippen LogP contribution in [0.4, 0.5) is 18.9 Å². The summed E-state index contributed by atoms with van der Waals surface area (Å²) in [6.45, 7) is 8.08. The molecule has 4 heterocycles. The highest BCUT2D eigenvalue weighted by Crippen LogP contribution is 2.44. The molecular weight excluding hydrogens is 483 g/mol. The molecule has 0 bridgehead atoms. The Morgan fingerprint density at radius 3 is 2.23 bits per heavy atom. The summed E-state index contributed by atoms with van der Waals surface area (Å²) in [5.41, 5.74) is 6.20. The molecule has 0 atom stereocenters. The van der Waals surface area contributed by atoms with Gasteiger partial charge in [-0.1, -0.05) is 0 Å². The highest BCUT2D eigenvalue weighted by Gasteiger charge is 2.35. The maximum atomic E-state index is 13.7. The lowest BCUT2D eigenvalue weighted by molar-refractivity contribution is -0.140. The van der Waals surface area contributed by atoms with Crippen molar-refractivity contribution in [3.05, 3.63) is 46.0 Å². The monoisotopic (exact) mass is 505 g/mol. The van der Waals surface area contributed by atoms with Gasteiger partial charge in [-0.2, -0.15) is 23.4 Å². The van der Waals surface area contributed by atoms with Gasteiger partial charge in [-0.15, -0.1) is 11.3 Å². The fraction of sp³-hybridized carbons (Fsp3) is 0.318. The number of aryl methyl sites for hydroxylation is 4. The first-order valence-corrected chi connectivity index (χ1v) is 11.5. The van der Waals surface area contributed by atoms with Gasteiger partial charge in [-0.3, -0.25) is 19.0 Å². The molecule has 35 heavy (non-hydrogen) atoms. The molecule has 13 heteroatoms. The van der Waals surface area contributed by atoms with Crippen molar-refractivity contribution in [1.82, 2.24) is 24.5 Å². The summed E-state index contributed by atoms with van der Waals surface area (Å²) in [5.74, 6) is -1.47. The summed E-state index contributed by atoms with van der Waals surface area (Å²) in [7, 11) is 0. The number of pyridine rings is 1. The van der Waals surface area contributed by atoms with Gasteiger partial charge in [0.05, 0.1) is 22.6 Å². The van der Waals surface area contributed by atoms with E-state index in [-0.39, 0.29) is 31.9 Å². The largest absolute Gasteiger partial charge is 0.433 e. The normalized spacial score (nSPS) is 11.9. The number of halogens is 3. The number of hydrogen-bond acceptors (Lipinski definition) is 6. The van der Waals surface area contributed by atoms with Crippen LogP contribution in [0.1, 0.15) is 51.0 Å². The van der Waals surface area contributed by atoms with Crippen molar-refractivity contribution in [2.75, 3.05) is 5.32 Å². The van der Waals surface area contributed by atoms with Crippen molar-refractivity contribution in [3.63, 3.8) is 0 Å². The Hall–Kier alpha value is -3.74. The number of carbonyl (C=O) groups excluding carboxylic acids is 2. The molecule has 9 nitrogen and oxygen atoms in total. The lowest BCUT2D eigenvalue weighted by atomic mass is 10.0. The highest BCUT2D eigenvalue weighted by molar-refractivity contribution is 7.21. The van der Waals surface area contributed by atoms with Gasteiger partial charge >= 0.3 is 6.18 Å². The van der Waals surface area contributed by atoms with Crippen LogP contribution >= 0.6 is 11.3 Å². The minimum absolute atomic E-state index is 0.00558. The molecular formula is C22H22F3N7O2S. The summed E-state index contributed by atoms with van der Waals surface area (Å²) < 4.78 is 44.3. The Balaban J connectivity index is 1.99. The number of nitrogens with two attached hydrogens (primary N) is 1. The Morgan fingerprint density at radius 1 is 1.06 bits per heavy atom. The molecule has 2 amide bonds. The van der Waals surface area contributed by atoms with Crippen LogP contribution in [-0.4, -0.2) is 36.4 Å². The number of amides is 2. The molecule has 184 valence electrons. The maximum Gasteiger partial charge on any atom is 0.433 e. The van der Waals surface area contributed by atoms with Crippen molar-refractivity contribution in [3.8, 4) is 11.1 Å². The van der Waals surface area contributed by atoms with E-state index in [1.807, 2.05) is 13.8 Å². The predicted molar refractivity (Wildman–Crippen MR) is 125 cm³/mol. The average molecular weight is 506 g/mol. The second kappa shape index (κ2) is 8.80. The van der Waals surface area contributed by atoms with Crippen LogP contribution in [0.25, 0.3) is 21.3 Å². The number of fused-ring (bicyclic) bond motifs is 1. The van der Waals surface area contributed by atoms with E-state index in [4.69, 9.17) is 5.73 Å². The van der Waals surface area contributed by atoms with Crippen molar-refractivity contribution < 1.29 is 22.8 Å². The summed E-state index contributed by atoms with van der Waals surface area (Å²) >= 11 is 0.692. The molecule has 3 N–H and O–H groups in total. The fourth-order valence-corrected chi connectivity index (χ4v) is 4.78. The molecule has 0 aliphatic rings. The number of carbonyl (C=O) groups is 2. The number of primary amides is 1. The van der Waals surface area contributed by atoms with Gasteiger partial charge in [0, 0.05) is 36.4 Å². The Morgan fingerprint density at radius 2 is 1.69 bits per heavy atom. The summed E-state index contributed by atoms with van der Waals surface area (Å²) in [6, 6.07) is 0.903. The molecule has 4 aromatic rings. The molecule has 0 fully saturated rings. The molecule has 4 aromatic heterocycles. The second-order valence-electron chi connectivity index (χ2n) is 7.83. The van der Waals surface area contributed by atoms with Crippen LogP contribution in [0.5, 0.6) is 0 Å². The number of nitrogens with zero attached hydrogens (tertiary/aromatic N) is 5. The highest BCUT2D eigenvalue weighted by atomic mass is 32.1. The van der Waals surface area contributed by atoms with Gasteiger partial charge in [-0.05, 0) is 39.3 Å². The SMILES string of the molecule is CCn1cc(C(=O)Nc2c(C(N)=O)sc3nc(C(F)(F)F)cc(-c4cn(CC)nc4C)c23)c(C)n1. The maximum absolute atomic E-state index is 13.7. The molecule has 0 aliphatic heterocycles. The first-order valence-electron chi connectivity index (χ1n) is 10.7. The van der Waals surface area contributed by atoms with E-state index in [1.165, 1.54) is 0 Å². The average Bonchev–Trinajstić information content (AvgIpc) is 3.47. The van der Waals surface area contributed by atoms with Crippen molar-refractivity contribution >= 4 is 39.1 Å². The Kier molecular flexibility index (Phi) is 6.13. The smallest absolute Gasteiger partial charge is 0.365 e. The molecule has 0 spiro atoms. The van der Waals surface area contributed by atoms with E-state index in [2.05, 4.69) is 20.5 Å². The number of rotatable bonds is 6. The van der Waals surface area contributed by atoms with E-state index in [0.717, 1.165) is 6.07 Å². The zero-order chi connectivity index (χ0) is 25.7. The van der Waals surface area contributed by atoms with Crippen LogP contribution in [0.15, 0.2) is 18.5 Å². The third-order valence-corrected chi connectivity index (χ3v) is 6.59. The van der Waals surface area contributed by atoms with Crippen LogP contribution in [0.3, 0.4) is 0 Å². The molecule has 0 saturated carbocycles. The third kappa shape index (κ3) is 4.38. The number of aromatic nitrogens is 5. The zero-order valence-corrected chi connectivity index (χ0v) is 20.1. The molecule has 0 saturated heterocycles. The number of alkyl halides is 3. The minimum atomic E-state index is -4.73. The molecule has 0 aliphatic carbocycles. The predicted octanol–water partition coefficient (Wildman–Crippen LogP) is 4.38. The van der Waals surface area contributed by atoms with Crippen LogP contribution < -0.4 is 11.1 Å². The first-order chi connectivity index (χ1) is 16.4. The van der Waals surface area contributed by atoms with E-state index in [9.17, 15) is 22.8 Å². The van der Waals surface area contributed by atoms with E-state index in [0.29, 0.717) is 41.4 Å². The summed E-state index contributed by atoms with van der Waals surface area (Å²) in [5, 5.41) is 11.5. The van der Waals surface area contributed by atoms with Crippen molar-refractivity contribution in [2.45, 2.75) is 47.0 Å². The van der Waals surface area contributed by atoms with Gasteiger partial charge in [-0.25, -0.2) is 4.98 Å². The molecule has 0 unspecified atom stereocenters. The number of hydrogen-bond donors (Lipinski definition) is 2. The van der Waals surface area contributed by atoms with Gasteiger partial charge in [0.2, 0.25) is 0 Å². The van der Waals surface area contributed by atoms with Crippen LogP contribution in [0, 0.1) is 13.8 Å². The van der Waals surface area contributed by atoms with Gasteiger partial charge < -0.3 is 11.1 Å². The van der Waals surface area contributed by atoms with Crippen LogP contribution in [0.2, 0.25) is 0 Å². The molecule has 0 radical (unpaired) electrons. The van der Waals surface area contributed by atoms with E-state index in [1.54, 1.807) is 35.6 Å². The topological polar surface area (TPSA) is 121 Å². The molecule has 4 rings (SSSR count). The van der Waals surface area contributed by atoms with Gasteiger partial charge in [0.15, 0.2) is 0 Å². The quantitative estimate of drug-likeness (QED) is 0.403. The lowest BCUT2D eigenvalue weighted by Gasteiger charge is -2.12. The molecule has 0 aromatic carbocycles. The van der Waals surface area contributed by atoms with Crippen molar-refractivity contribution in [2.24, 2.45) is 5.73 Å². The summed E-state index contributed by atoms with van der Waals surface area (Å²) in [4.78, 5) is 29.0. The van der Waals surface area contributed by atoms with Gasteiger partial charge in [0.1, 0.15) is 15.4 Å². The lowest BCUT2D eigenvalue weighted by Crippen LogP contribution is -2.17. The number of thiophene rings is 1. The standard InChI is InChI=1S/C22H22F3N7O2S/c1-5-31-8-13(10(3)29-31)12-7-15(22(23,24)25)27-21-16(12)17(18(35-21)19(26)33)28-20(34)14-9-32(6-2)30-11(14)4/h7-9H,5-6H2,1-4H3,(H2,26,33)(H,28,34).